The zero-order valence-corrected chi connectivity index (χ0v) is 12.5. The molecule has 1 aliphatic rings. The van der Waals surface area contributed by atoms with E-state index in [9.17, 15) is 4.79 Å². The van der Waals surface area contributed by atoms with Crippen LogP contribution in [0, 0.1) is 11.3 Å². The number of carbonyl (C=O) groups excluding carboxylic acids is 1. The third kappa shape index (κ3) is 4.35. The van der Waals surface area contributed by atoms with E-state index in [1.165, 1.54) is 6.08 Å². The summed E-state index contributed by atoms with van der Waals surface area (Å²) < 4.78 is 15.8. The summed E-state index contributed by atoms with van der Waals surface area (Å²) in [6, 6.07) is 5.45. The molecule has 0 atom stereocenters. The van der Waals surface area contributed by atoms with E-state index in [1.54, 1.807) is 13.2 Å². The number of carbonyl (C=O) groups is 1. The lowest BCUT2D eigenvalue weighted by Gasteiger charge is -2.26. The van der Waals surface area contributed by atoms with Crippen LogP contribution >= 0.6 is 0 Å². The normalized spacial score (nSPS) is 15.5. The van der Waals surface area contributed by atoms with Crippen LogP contribution in [0.3, 0.4) is 0 Å². The number of hydrogen-bond acceptors (Lipinski definition) is 6. The molecule has 1 N–H and O–H groups in total. The van der Waals surface area contributed by atoms with Gasteiger partial charge in [0.15, 0.2) is 5.88 Å². The molecule has 1 aliphatic heterocycles. The summed E-state index contributed by atoms with van der Waals surface area (Å²) in [6.45, 7) is 3.60. The Bertz CT molecular complexity index is 568. The van der Waals surface area contributed by atoms with Gasteiger partial charge in [0.25, 0.3) is 5.91 Å². The molecule has 1 aromatic rings. The third-order valence-corrected chi connectivity index (χ3v) is 3.18. The van der Waals surface area contributed by atoms with Crippen molar-refractivity contribution in [3.63, 3.8) is 0 Å². The molecule has 22 heavy (non-hydrogen) atoms. The molecule has 118 valence electrons. The van der Waals surface area contributed by atoms with E-state index >= 15 is 0 Å². The highest BCUT2D eigenvalue weighted by atomic mass is 16.5. The molecular formula is C15H19N3O4. The number of nitriles is 1. The molecule has 1 aromatic heterocycles. The van der Waals surface area contributed by atoms with Crippen LogP contribution in [0.25, 0.3) is 6.08 Å². The fraction of sp³-hybridized carbons (Fsp3) is 0.467. The molecule has 0 bridgehead atoms. The molecule has 2 rings (SSSR count). The topological polar surface area (TPSA) is 87.7 Å². The van der Waals surface area contributed by atoms with E-state index in [2.05, 4.69) is 10.2 Å². The van der Waals surface area contributed by atoms with Crippen LogP contribution in [0.2, 0.25) is 0 Å². The van der Waals surface area contributed by atoms with Crippen LogP contribution in [-0.2, 0) is 14.3 Å². The van der Waals surface area contributed by atoms with Crippen LogP contribution in [0.5, 0.6) is 0 Å². The van der Waals surface area contributed by atoms with Gasteiger partial charge in [0.2, 0.25) is 0 Å². The van der Waals surface area contributed by atoms with Crippen molar-refractivity contribution in [1.82, 2.24) is 5.32 Å². The zero-order chi connectivity index (χ0) is 15.8. The van der Waals surface area contributed by atoms with Crippen LogP contribution in [0.4, 0.5) is 5.88 Å². The number of morpholine rings is 1. The average Bonchev–Trinajstić information content (AvgIpc) is 3.02. The fourth-order valence-corrected chi connectivity index (χ4v) is 2.03. The molecule has 1 saturated heterocycles. The highest BCUT2D eigenvalue weighted by molar-refractivity contribution is 6.01. The molecule has 0 radical (unpaired) electrons. The van der Waals surface area contributed by atoms with Crippen molar-refractivity contribution in [2.45, 2.75) is 0 Å². The Morgan fingerprint density at radius 1 is 1.50 bits per heavy atom. The van der Waals surface area contributed by atoms with E-state index in [-0.39, 0.29) is 5.57 Å². The molecule has 0 aromatic carbocycles. The Morgan fingerprint density at radius 3 is 2.95 bits per heavy atom. The molecule has 1 fully saturated rings. The van der Waals surface area contributed by atoms with Crippen LogP contribution in [0.1, 0.15) is 5.76 Å². The maximum Gasteiger partial charge on any atom is 0.262 e. The summed E-state index contributed by atoms with van der Waals surface area (Å²) in [5, 5.41) is 11.7. The van der Waals surface area contributed by atoms with Gasteiger partial charge in [0, 0.05) is 38.9 Å². The van der Waals surface area contributed by atoms with Crippen molar-refractivity contribution in [2.75, 3.05) is 51.5 Å². The number of anilines is 1. The predicted molar refractivity (Wildman–Crippen MR) is 80.2 cm³/mol. The summed E-state index contributed by atoms with van der Waals surface area (Å²) in [4.78, 5) is 13.9. The van der Waals surface area contributed by atoms with Crippen LogP contribution in [-0.4, -0.2) is 52.5 Å². The number of amides is 1. The van der Waals surface area contributed by atoms with Crippen molar-refractivity contribution in [3.8, 4) is 6.07 Å². The van der Waals surface area contributed by atoms with Gasteiger partial charge in [-0.2, -0.15) is 5.26 Å². The van der Waals surface area contributed by atoms with E-state index in [1.807, 2.05) is 12.1 Å². The van der Waals surface area contributed by atoms with Crippen molar-refractivity contribution in [1.29, 1.82) is 5.26 Å². The Morgan fingerprint density at radius 2 is 2.27 bits per heavy atom. The Labute approximate surface area is 129 Å². The summed E-state index contributed by atoms with van der Waals surface area (Å²) in [5.74, 6) is 0.746. The first-order valence-electron chi connectivity index (χ1n) is 7.06. The van der Waals surface area contributed by atoms with E-state index in [0.29, 0.717) is 38.0 Å². The molecule has 0 aliphatic carbocycles. The largest absolute Gasteiger partial charge is 0.441 e. The van der Waals surface area contributed by atoms with Gasteiger partial charge in [-0.15, -0.1) is 0 Å². The molecule has 0 unspecified atom stereocenters. The average molecular weight is 305 g/mol. The number of ether oxygens (including phenoxy) is 2. The second kappa shape index (κ2) is 8.22. The quantitative estimate of drug-likeness (QED) is 0.475. The SMILES string of the molecule is COCCNC(=O)/C(C#N)=C/c1ccc(N2CCOCC2)o1. The lowest BCUT2D eigenvalue weighted by Crippen LogP contribution is -2.35. The lowest BCUT2D eigenvalue weighted by molar-refractivity contribution is -0.117. The molecular weight excluding hydrogens is 286 g/mol. The number of rotatable bonds is 6. The molecule has 2 heterocycles. The van der Waals surface area contributed by atoms with Crippen molar-refractivity contribution in [3.05, 3.63) is 23.5 Å². The maximum absolute atomic E-state index is 11.8. The highest BCUT2D eigenvalue weighted by Gasteiger charge is 2.15. The zero-order valence-electron chi connectivity index (χ0n) is 12.5. The minimum atomic E-state index is -0.441. The number of nitrogens with one attached hydrogen (secondary N) is 1. The van der Waals surface area contributed by atoms with E-state index < -0.39 is 5.91 Å². The van der Waals surface area contributed by atoms with Crippen molar-refractivity contribution in [2.24, 2.45) is 0 Å². The first-order valence-corrected chi connectivity index (χ1v) is 7.06. The number of nitrogens with zero attached hydrogens (tertiary/aromatic N) is 2. The van der Waals surface area contributed by atoms with Gasteiger partial charge < -0.3 is 24.1 Å². The summed E-state index contributed by atoms with van der Waals surface area (Å²) in [7, 11) is 1.54. The van der Waals surface area contributed by atoms with Crippen LogP contribution < -0.4 is 10.2 Å². The predicted octanol–water partition coefficient (Wildman–Crippen LogP) is 0.786. The first-order chi connectivity index (χ1) is 10.7. The Kier molecular flexibility index (Phi) is 6.01. The van der Waals surface area contributed by atoms with Crippen molar-refractivity contribution >= 4 is 17.9 Å². The number of hydrogen-bond donors (Lipinski definition) is 1. The van der Waals surface area contributed by atoms with Gasteiger partial charge in [0.1, 0.15) is 17.4 Å². The minimum Gasteiger partial charge on any atom is -0.441 e. The second-order valence-corrected chi connectivity index (χ2v) is 4.69. The second-order valence-electron chi connectivity index (χ2n) is 4.69. The summed E-state index contributed by atoms with van der Waals surface area (Å²) in [5.41, 5.74) is -0.000944. The standard InChI is InChI=1S/C15H19N3O4/c1-20-7-4-17-15(19)12(11-16)10-13-2-3-14(22-13)18-5-8-21-9-6-18/h2-3,10H,4-9H2,1H3,(H,17,19)/b12-10+. The molecule has 1 amide bonds. The molecule has 0 spiro atoms. The first kappa shape index (κ1) is 16.1. The van der Waals surface area contributed by atoms with Gasteiger partial charge in [0.05, 0.1) is 19.8 Å². The number of methoxy groups -OCH3 is 1. The van der Waals surface area contributed by atoms with Crippen molar-refractivity contribution < 1.29 is 18.7 Å². The van der Waals surface area contributed by atoms with Gasteiger partial charge in [-0.1, -0.05) is 0 Å². The smallest absolute Gasteiger partial charge is 0.262 e. The van der Waals surface area contributed by atoms with Crippen LogP contribution in [0.15, 0.2) is 22.1 Å². The monoisotopic (exact) mass is 305 g/mol. The molecule has 7 heteroatoms. The van der Waals surface area contributed by atoms with Gasteiger partial charge in [-0.25, -0.2) is 0 Å². The fourth-order valence-electron chi connectivity index (χ4n) is 2.03. The third-order valence-electron chi connectivity index (χ3n) is 3.18. The van der Waals surface area contributed by atoms with Gasteiger partial charge in [-0.3, -0.25) is 4.79 Å². The number of furan rings is 1. The van der Waals surface area contributed by atoms with Gasteiger partial charge in [-0.05, 0) is 6.07 Å². The molecule has 7 nitrogen and oxygen atoms in total. The van der Waals surface area contributed by atoms with E-state index in [4.69, 9.17) is 19.2 Å². The van der Waals surface area contributed by atoms with E-state index in [0.717, 1.165) is 13.1 Å². The van der Waals surface area contributed by atoms with Gasteiger partial charge >= 0.3 is 0 Å². The highest BCUT2D eigenvalue weighted by Crippen LogP contribution is 2.21. The minimum absolute atomic E-state index is 0.000944. The Balaban J connectivity index is 2.01. The Hall–Kier alpha value is -2.30. The maximum atomic E-state index is 11.8. The summed E-state index contributed by atoms with van der Waals surface area (Å²) in [6.07, 6.45) is 1.44. The lowest BCUT2D eigenvalue weighted by atomic mass is 10.2. The summed E-state index contributed by atoms with van der Waals surface area (Å²) >= 11 is 0. The molecule has 0 saturated carbocycles.